The van der Waals surface area contributed by atoms with Crippen molar-refractivity contribution in [3.63, 3.8) is 0 Å². The van der Waals surface area contributed by atoms with Gasteiger partial charge in [-0.3, -0.25) is 4.68 Å². The van der Waals surface area contributed by atoms with Crippen LogP contribution in [-0.2, 0) is 11.8 Å². The fourth-order valence-corrected chi connectivity index (χ4v) is 4.92. The van der Waals surface area contributed by atoms with Crippen LogP contribution in [0.5, 0.6) is 11.6 Å². The Bertz CT molecular complexity index is 1530. The molecule has 0 amide bonds. The average molecular weight is 489 g/mol. The molecule has 0 spiro atoms. The summed E-state index contributed by atoms with van der Waals surface area (Å²) in [4.78, 5) is 13.5. The summed E-state index contributed by atoms with van der Waals surface area (Å²) in [5, 5.41) is 8.69. The van der Waals surface area contributed by atoms with Crippen LogP contribution < -0.4 is 14.8 Å². The van der Waals surface area contributed by atoms with E-state index in [2.05, 4.69) is 38.4 Å². The SMILES string of the molecule is COc1nn(C)cc1-c1cc(O[C@@H](C)C2COC2)c2c(Nc3ccc4ncsc4c3)ncnc2c1. The van der Waals surface area contributed by atoms with Gasteiger partial charge in [0.1, 0.15) is 24.0 Å². The maximum atomic E-state index is 6.53. The Kier molecular flexibility index (Phi) is 5.46. The molecular weight excluding hydrogens is 464 g/mol. The molecule has 0 unspecified atom stereocenters. The molecule has 1 N–H and O–H groups in total. The molecule has 2 aromatic carbocycles. The van der Waals surface area contributed by atoms with Gasteiger partial charge in [0, 0.05) is 24.8 Å². The van der Waals surface area contributed by atoms with Gasteiger partial charge in [-0.2, -0.15) is 0 Å². The number of hydrogen-bond acceptors (Lipinski definition) is 9. The van der Waals surface area contributed by atoms with E-state index in [0.717, 1.165) is 37.9 Å². The number of hydrogen-bond donors (Lipinski definition) is 1. The predicted molar refractivity (Wildman–Crippen MR) is 136 cm³/mol. The number of nitrogens with zero attached hydrogens (tertiary/aromatic N) is 5. The van der Waals surface area contributed by atoms with Crippen LogP contribution in [0.4, 0.5) is 11.5 Å². The van der Waals surface area contributed by atoms with Crippen molar-refractivity contribution in [2.24, 2.45) is 13.0 Å². The molecule has 3 aromatic heterocycles. The van der Waals surface area contributed by atoms with Gasteiger partial charge in [0.25, 0.3) is 0 Å². The quantitative estimate of drug-likeness (QED) is 0.349. The lowest BCUT2D eigenvalue weighted by molar-refractivity contribution is -0.0773. The molecule has 0 aliphatic carbocycles. The Morgan fingerprint density at radius 3 is 2.83 bits per heavy atom. The van der Waals surface area contributed by atoms with E-state index in [1.807, 2.05) is 43.0 Å². The van der Waals surface area contributed by atoms with Crippen molar-refractivity contribution in [2.45, 2.75) is 13.0 Å². The summed E-state index contributed by atoms with van der Waals surface area (Å²) in [7, 11) is 3.49. The smallest absolute Gasteiger partial charge is 0.240 e. The van der Waals surface area contributed by atoms with Gasteiger partial charge < -0.3 is 19.5 Å². The van der Waals surface area contributed by atoms with E-state index < -0.39 is 0 Å². The first-order chi connectivity index (χ1) is 17.1. The average Bonchev–Trinajstić information content (AvgIpc) is 3.43. The summed E-state index contributed by atoms with van der Waals surface area (Å²) < 4.78 is 20.3. The first-order valence-corrected chi connectivity index (χ1v) is 12.2. The normalized spacial score (nSPS) is 14.7. The lowest BCUT2D eigenvalue weighted by atomic mass is 10.0. The number of methoxy groups -OCH3 is 1. The molecule has 1 atom stereocenters. The molecule has 1 saturated heterocycles. The zero-order valence-electron chi connectivity index (χ0n) is 19.6. The second kappa shape index (κ2) is 8.79. The number of anilines is 2. The van der Waals surface area contributed by atoms with Crippen LogP contribution in [0.25, 0.3) is 32.2 Å². The number of ether oxygens (including phenoxy) is 3. The van der Waals surface area contributed by atoms with E-state index in [1.54, 1.807) is 29.5 Å². The third kappa shape index (κ3) is 4.04. The molecule has 6 rings (SSSR count). The van der Waals surface area contributed by atoms with Gasteiger partial charge in [-0.1, -0.05) is 0 Å². The van der Waals surface area contributed by atoms with Crippen LogP contribution in [-0.4, -0.2) is 51.2 Å². The number of thiazole rings is 1. The van der Waals surface area contributed by atoms with Crippen molar-refractivity contribution >= 4 is 44.0 Å². The molecule has 5 aromatic rings. The molecule has 0 radical (unpaired) electrons. The minimum Gasteiger partial charge on any atom is -0.489 e. The van der Waals surface area contributed by atoms with Crippen molar-refractivity contribution in [1.82, 2.24) is 24.7 Å². The molecule has 0 saturated carbocycles. The molecule has 1 aliphatic heterocycles. The first kappa shape index (κ1) is 21.8. The Morgan fingerprint density at radius 2 is 2.03 bits per heavy atom. The first-order valence-electron chi connectivity index (χ1n) is 11.3. The van der Waals surface area contributed by atoms with E-state index in [0.29, 0.717) is 36.6 Å². The summed E-state index contributed by atoms with van der Waals surface area (Å²) in [6, 6.07) is 10.1. The van der Waals surface area contributed by atoms with Crippen LogP contribution in [0.2, 0.25) is 0 Å². The lowest BCUT2D eigenvalue weighted by Crippen LogP contribution is -2.39. The number of aromatic nitrogens is 5. The van der Waals surface area contributed by atoms with E-state index in [9.17, 15) is 0 Å². The second-order valence-corrected chi connectivity index (χ2v) is 9.48. The molecule has 4 heterocycles. The maximum absolute atomic E-state index is 6.53. The molecule has 9 nitrogen and oxygen atoms in total. The number of rotatable bonds is 7. The zero-order chi connectivity index (χ0) is 23.9. The van der Waals surface area contributed by atoms with Gasteiger partial charge >= 0.3 is 0 Å². The molecule has 1 aliphatic rings. The number of fused-ring (bicyclic) bond motifs is 2. The molecule has 178 valence electrons. The summed E-state index contributed by atoms with van der Waals surface area (Å²) >= 11 is 1.60. The summed E-state index contributed by atoms with van der Waals surface area (Å²) in [5.41, 5.74) is 6.28. The van der Waals surface area contributed by atoms with Crippen LogP contribution in [0.15, 0.2) is 48.4 Å². The zero-order valence-corrected chi connectivity index (χ0v) is 20.4. The minimum absolute atomic E-state index is 0.0282. The largest absolute Gasteiger partial charge is 0.489 e. The van der Waals surface area contributed by atoms with Crippen molar-refractivity contribution in [1.29, 1.82) is 0 Å². The summed E-state index contributed by atoms with van der Waals surface area (Å²) in [6.45, 7) is 3.47. The monoisotopic (exact) mass is 488 g/mol. The topological polar surface area (TPSA) is 96.2 Å². The Labute approximate surface area is 205 Å². The third-order valence-corrected chi connectivity index (χ3v) is 7.03. The third-order valence-electron chi connectivity index (χ3n) is 6.24. The van der Waals surface area contributed by atoms with Crippen LogP contribution in [0.3, 0.4) is 0 Å². The van der Waals surface area contributed by atoms with Crippen LogP contribution in [0.1, 0.15) is 6.92 Å². The van der Waals surface area contributed by atoms with Crippen LogP contribution in [0, 0.1) is 5.92 Å². The highest BCUT2D eigenvalue weighted by atomic mass is 32.1. The number of aryl methyl sites for hydroxylation is 1. The van der Waals surface area contributed by atoms with E-state index in [4.69, 9.17) is 14.2 Å². The highest BCUT2D eigenvalue weighted by Crippen LogP contribution is 2.39. The van der Waals surface area contributed by atoms with E-state index >= 15 is 0 Å². The highest BCUT2D eigenvalue weighted by molar-refractivity contribution is 7.16. The van der Waals surface area contributed by atoms with Gasteiger partial charge in [0.05, 0.1) is 52.5 Å². The van der Waals surface area contributed by atoms with Crippen molar-refractivity contribution in [2.75, 3.05) is 25.6 Å². The van der Waals surface area contributed by atoms with E-state index in [1.165, 1.54) is 0 Å². The summed E-state index contributed by atoms with van der Waals surface area (Å²) in [6.07, 6.45) is 3.46. The fourth-order valence-electron chi connectivity index (χ4n) is 4.21. The minimum atomic E-state index is -0.0282. The van der Waals surface area contributed by atoms with Gasteiger partial charge in [-0.05, 0) is 42.8 Å². The van der Waals surface area contributed by atoms with Gasteiger partial charge in [0.15, 0.2) is 0 Å². The van der Waals surface area contributed by atoms with Crippen molar-refractivity contribution in [3.05, 3.63) is 48.4 Å². The van der Waals surface area contributed by atoms with Crippen molar-refractivity contribution < 1.29 is 14.2 Å². The van der Waals surface area contributed by atoms with Gasteiger partial charge in [-0.15, -0.1) is 16.4 Å². The molecule has 10 heteroatoms. The number of nitrogens with one attached hydrogen (secondary N) is 1. The molecule has 1 fully saturated rings. The Hall–Kier alpha value is -3.76. The number of benzene rings is 2. The fraction of sp³-hybridized carbons (Fsp3) is 0.280. The Morgan fingerprint density at radius 1 is 1.14 bits per heavy atom. The standard InChI is InChI=1S/C25H24N6O3S/c1-14(16-10-33-11-16)34-21-7-15(18-9-31(2)30-25(18)32-3)6-20-23(21)24(27-12-26-20)29-17-4-5-19-22(8-17)35-13-28-19/h4-9,12-14,16H,10-11H2,1-3H3,(H,26,27,29)/t14-/m0/s1. The van der Waals surface area contributed by atoms with Crippen LogP contribution >= 0.6 is 11.3 Å². The predicted octanol–water partition coefficient (Wildman–Crippen LogP) is 4.81. The lowest BCUT2D eigenvalue weighted by Gasteiger charge is -2.32. The maximum Gasteiger partial charge on any atom is 0.240 e. The summed E-state index contributed by atoms with van der Waals surface area (Å²) in [5.74, 6) is 2.26. The van der Waals surface area contributed by atoms with Gasteiger partial charge in [-0.25, -0.2) is 15.0 Å². The molecular formula is C25H24N6O3S. The highest BCUT2D eigenvalue weighted by Gasteiger charge is 2.28. The molecule has 35 heavy (non-hydrogen) atoms. The van der Waals surface area contributed by atoms with Gasteiger partial charge in [0.2, 0.25) is 5.88 Å². The van der Waals surface area contributed by atoms with Crippen molar-refractivity contribution in [3.8, 4) is 22.8 Å². The Balaban J connectivity index is 1.47. The molecule has 0 bridgehead atoms. The second-order valence-electron chi connectivity index (χ2n) is 8.60. The van der Waals surface area contributed by atoms with E-state index in [-0.39, 0.29) is 6.10 Å².